The number of ether oxygens (including phenoxy) is 1. The molecule has 0 radical (unpaired) electrons. The predicted octanol–water partition coefficient (Wildman–Crippen LogP) is -0.799. The van der Waals surface area contributed by atoms with Crippen LogP contribution in [0.25, 0.3) is 0 Å². The molecule has 0 aliphatic heterocycles. The third-order valence-corrected chi connectivity index (χ3v) is 0.585. The number of methoxy groups -OCH3 is 1. The van der Waals surface area contributed by atoms with Gasteiger partial charge in [-0.1, -0.05) is 0 Å². The quantitative estimate of drug-likeness (QED) is 0.392. The van der Waals surface area contributed by atoms with Gasteiger partial charge in [0.2, 0.25) is 5.91 Å². The summed E-state index contributed by atoms with van der Waals surface area (Å²) in [6, 6.07) is 0. The molecule has 0 aromatic heterocycles. The average Bonchev–Trinajstić information content (AvgIpc) is 1.83. The summed E-state index contributed by atoms with van der Waals surface area (Å²) in [7, 11) is 1.22. The first-order valence-electron chi connectivity index (χ1n) is 2.22. The number of rotatable bonds is 2. The predicted molar refractivity (Wildman–Crippen MR) is 30.4 cm³/mol. The van der Waals surface area contributed by atoms with Gasteiger partial charge in [-0.15, -0.1) is 0 Å². The third-order valence-electron chi connectivity index (χ3n) is 0.585. The largest absolute Gasteiger partial charge is 0.466 e. The number of carbonyl (C=O) groups is 2. The van der Waals surface area contributed by atoms with Crippen molar-refractivity contribution in [2.24, 2.45) is 5.73 Å². The van der Waals surface area contributed by atoms with Gasteiger partial charge in [0.25, 0.3) is 0 Å². The molecule has 4 heteroatoms. The first-order chi connectivity index (χ1) is 4.16. The summed E-state index contributed by atoms with van der Waals surface area (Å²) < 4.78 is 4.17. The summed E-state index contributed by atoms with van der Waals surface area (Å²) in [5.41, 5.74) is 4.66. The molecule has 2 N–H and O–H groups in total. The van der Waals surface area contributed by atoms with Crippen molar-refractivity contribution >= 4 is 11.9 Å². The van der Waals surface area contributed by atoms with E-state index in [-0.39, 0.29) is 0 Å². The van der Waals surface area contributed by atoms with E-state index in [9.17, 15) is 9.59 Å². The molecule has 4 nitrogen and oxygen atoms in total. The number of primary amides is 1. The van der Waals surface area contributed by atoms with Crippen molar-refractivity contribution in [1.29, 1.82) is 0 Å². The van der Waals surface area contributed by atoms with Gasteiger partial charge in [0, 0.05) is 12.2 Å². The first-order valence-corrected chi connectivity index (χ1v) is 2.22. The zero-order valence-corrected chi connectivity index (χ0v) is 4.96. The van der Waals surface area contributed by atoms with Crippen LogP contribution in [0.5, 0.6) is 0 Å². The second-order valence-electron chi connectivity index (χ2n) is 1.26. The normalized spacial score (nSPS) is 9.44. The van der Waals surface area contributed by atoms with Crippen LogP contribution in [-0.4, -0.2) is 19.0 Å². The van der Waals surface area contributed by atoms with Gasteiger partial charge in [-0.05, 0) is 0 Å². The summed E-state index contributed by atoms with van der Waals surface area (Å²) in [5, 5.41) is 0. The van der Waals surface area contributed by atoms with E-state index in [1.54, 1.807) is 0 Å². The fourth-order valence-corrected chi connectivity index (χ4v) is 0.218. The van der Waals surface area contributed by atoms with E-state index in [4.69, 9.17) is 0 Å². The second kappa shape index (κ2) is 3.65. The molecule has 0 fully saturated rings. The zero-order valence-electron chi connectivity index (χ0n) is 4.96. The van der Waals surface area contributed by atoms with Crippen LogP contribution < -0.4 is 5.73 Å². The molecule has 0 atom stereocenters. The third kappa shape index (κ3) is 4.53. The van der Waals surface area contributed by atoms with Crippen LogP contribution in [0.2, 0.25) is 0 Å². The number of hydrogen-bond acceptors (Lipinski definition) is 3. The van der Waals surface area contributed by atoms with Crippen molar-refractivity contribution in [3.8, 4) is 0 Å². The molecule has 0 rings (SSSR count). The minimum absolute atomic E-state index is 0.589. The number of carbonyl (C=O) groups excluding carboxylic acids is 2. The molecule has 9 heavy (non-hydrogen) atoms. The molecule has 0 saturated carbocycles. The van der Waals surface area contributed by atoms with Crippen LogP contribution in [0.4, 0.5) is 0 Å². The molecule has 0 aliphatic carbocycles. The van der Waals surface area contributed by atoms with Gasteiger partial charge in [-0.25, -0.2) is 4.79 Å². The molecular weight excluding hydrogens is 122 g/mol. The van der Waals surface area contributed by atoms with Crippen LogP contribution in [-0.2, 0) is 14.3 Å². The highest BCUT2D eigenvalue weighted by Crippen LogP contribution is 1.75. The van der Waals surface area contributed by atoms with Crippen molar-refractivity contribution in [3.63, 3.8) is 0 Å². The Balaban J connectivity index is 3.71. The maximum Gasteiger partial charge on any atom is 0.330 e. The Bertz CT molecular complexity index is 150. The van der Waals surface area contributed by atoms with Crippen LogP contribution in [0, 0.1) is 0 Å². The number of nitrogens with two attached hydrogens (primary N) is 1. The lowest BCUT2D eigenvalue weighted by molar-refractivity contribution is -0.135. The Morgan fingerprint density at radius 3 is 2.33 bits per heavy atom. The van der Waals surface area contributed by atoms with Crippen molar-refractivity contribution in [2.75, 3.05) is 7.11 Å². The average molecular weight is 129 g/mol. The molecular formula is C5H7NO3. The Morgan fingerprint density at radius 2 is 2.00 bits per heavy atom. The van der Waals surface area contributed by atoms with E-state index in [1.165, 1.54) is 7.11 Å². The van der Waals surface area contributed by atoms with Crippen molar-refractivity contribution in [3.05, 3.63) is 12.2 Å². The molecule has 0 aromatic rings. The fraction of sp³-hybridized carbons (Fsp3) is 0.200. The van der Waals surface area contributed by atoms with Gasteiger partial charge in [0.05, 0.1) is 7.11 Å². The minimum atomic E-state index is -0.666. The van der Waals surface area contributed by atoms with Crippen LogP contribution in [0.1, 0.15) is 0 Å². The Labute approximate surface area is 52.3 Å². The van der Waals surface area contributed by atoms with Gasteiger partial charge < -0.3 is 10.5 Å². The number of esters is 1. The van der Waals surface area contributed by atoms with Crippen LogP contribution in [0.3, 0.4) is 0 Å². The summed E-state index contributed by atoms with van der Waals surface area (Å²) in [6.07, 6.45) is 1.90. The lowest BCUT2D eigenvalue weighted by Gasteiger charge is -1.86. The lowest BCUT2D eigenvalue weighted by Crippen LogP contribution is -2.07. The van der Waals surface area contributed by atoms with Gasteiger partial charge in [0.1, 0.15) is 0 Å². The fourth-order valence-electron chi connectivity index (χ4n) is 0.218. The van der Waals surface area contributed by atoms with E-state index in [0.717, 1.165) is 12.2 Å². The summed E-state index contributed by atoms with van der Waals surface area (Å²) in [6.45, 7) is 0. The summed E-state index contributed by atoms with van der Waals surface area (Å²) in [4.78, 5) is 20.1. The number of hydrogen-bond donors (Lipinski definition) is 1. The van der Waals surface area contributed by atoms with Crippen molar-refractivity contribution in [2.45, 2.75) is 0 Å². The first kappa shape index (κ1) is 7.68. The maximum atomic E-state index is 10.2. The standard InChI is InChI=1S/C5H7NO3/c1-9-5(8)3-2-4(6)7/h2-3H,1H3,(H2,6,7)/b3-2-. The smallest absolute Gasteiger partial charge is 0.330 e. The second-order valence-corrected chi connectivity index (χ2v) is 1.26. The molecule has 0 unspecified atom stereocenters. The number of amides is 1. The van der Waals surface area contributed by atoms with Gasteiger partial charge in [0.15, 0.2) is 0 Å². The molecule has 0 aliphatic rings. The van der Waals surface area contributed by atoms with E-state index >= 15 is 0 Å². The minimum Gasteiger partial charge on any atom is -0.466 e. The van der Waals surface area contributed by atoms with Gasteiger partial charge in [-0.3, -0.25) is 4.79 Å². The van der Waals surface area contributed by atoms with Crippen molar-refractivity contribution in [1.82, 2.24) is 0 Å². The highest BCUT2D eigenvalue weighted by molar-refractivity contribution is 5.93. The van der Waals surface area contributed by atoms with Crippen LogP contribution in [0.15, 0.2) is 12.2 Å². The monoisotopic (exact) mass is 129 g/mol. The summed E-state index contributed by atoms with van der Waals surface area (Å²) >= 11 is 0. The van der Waals surface area contributed by atoms with Gasteiger partial charge in [-0.2, -0.15) is 0 Å². The Hall–Kier alpha value is -1.32. The van der Waals surface area contributed by atoms with E-state index in [1.807, 2.05) is 0 Å². The maximum absolute atomic E-state index is 10.2. The van der Waals surface area contributed by atoms with Crippen LogP contribution >= 0.6 is 0 Å². The lowest BCUT2D eigenvalue weighted by atomic mass is 10.5. The van der Waals surface area contributed by atoms with E-state index in [0.29, 0.717) is 0 Å². The van der Waals surface area contributed by atoms with E-state index in [2.05, 4.69) is 10.5 Å². The molecule has 0 spiro atoms. The SMILES string of the molecule is COC(=O)/C=C\C(N)=O. The highest BCUT2D eigenvalue weighted by Gasteiger charge is 1.90. The molecule has 0 bridgehead atoms. The Morgan fingerprint density at radius 1 is 1.44 bits per heavy atom. The topological polar surface area (TPSA) is 69.4 Å². The molecule has 0 saturated heterocycles. The molecule has 0 aromatic carbocycles. The van der Waals surface area contributed by atoms with Gasteiger partial charge >= 0.3 is 5.97 Å². The molecule has 0 heterocycles. The molecule has 50 valence electrons. The Kier molecular flexibility index (Phi) is 3.12. The molecule has 1 amide bonds. The zero-order chi connectivity index (χ0) is 7.28. The van der Waals surface area contributed by atoms with Crippen molar-refractivity contribution < 1.29 is 14.3 Å². The van der Waals surface area contributed by atoms with E-state index < -0.39 is 11.9 Å². The summed E-state index contributed by atoms with van der Waals surface area (Å²) in [5.74, 6) is -1.26. The highest BCUT2D eigenvalue weighted by atomic mass is 16.5.